The van der Waals surface area contributed by atoms with Crippen LogP contribution in [0.2, 0.25) is 0 Å². The van der Waals surface area contributed by atoms with Gasteiger partial charge < -0.3 is 11.2 Å². The van der Waals surface area contributed by atoms with Crippen LogP contribution in [0.1, 0.15) is 5.82 Å². The zero-order valence-electron chi connectivity index (χ0n) is 10.4. The standard InChI is InChI=1S/C11H11F2N5OS/c1-6-16-17-11(18(6)14)20-5-10(19)15-9-4-7(12)2-3-8(9)13/h2-4H,5,14H2,1H3,(H,15,19). The van der Waals surface area contributed by atoms with E-state index in [2.05, 4.69) is 15.5 Å². The Morgan fingerprint density at radius 2 is 2.20 bits per heavy atom. The van der Waals surface area contributed by atoms with Crippen LogP contribution < -0.4 is 11.2 Å². The van der Waals surface area contributed by atoms with Crippen molar-refractivity contribution < 1.29 is 13.6 Å². The highest BCUT2D eigenvalue weighted by molar-refractivity contribution is 7.99. The van der Waals surface area contributed by atoms with Crippen LogP contribution in [-0.2, 0) is 4.79 Å². The number of anilines is 1. The first kappa shape index (κ1) is 14.3. The number of nitrogens with one attached hydrogen (secondary N) is 1. The molecule has 0 unspecified atom stereocenters. The number of halogens is 2. The molecular weight excluding hydrogens is 288 g/mol. The van der Waals surface area contributed by atoms with Crippen molar-refractivity contribution in [2.75, 3.05) is 16.9 Å². The molecule has 106 valence electrons. The first-order valence-corrected chi connectivity index (χ1v) is 6.50. The fourth-order valence-corrected chi connectivity index (χ4v) is 2.06. The van der Waals surface area contributed by atoms with Gasteiger partial charge in [-0.05, 0) is 19.1 Å². The number of nitrogens with two attached hydrogens (primary N) is 1. The summed E-state index contributed by atoms with van der Waals surface area (Å²) in [7, 11) is 0. The summed E-state index contributed by atoms with van der Waals surface area (Å²) >= 11 is 1.04. The molecule has 0 aliphatic carbocycles. The van der Waals surface area contributed by atoms with Gasteiger partial charge in [0.05, 0.1) is 11.4 Å². The number of rotatable bonds is 4. The van der Waals surface area contributed by atoms with E-state index >= 15 is 0 Å². The molecule has 1 amide bonds. The lowest BCUT2D eigenvalue weighted by atomic mass is 10.3. The number of carbonyl (C=O) groups is 1. The molecule has 0 aliphatic heterocycles. The zero-order valence-corrected chi connectivity index (χ0v) is 11.2. The van der Waals surface area contributed by atoms with Gasteiger partial charge in [0.1, 0.15) is 17.5 Å². The Kier molecular flexibility index (Phi) is 4.18. The van der Waals surface area contributed by atoms with Crippen LogP contribution >= 0.6 is 11.8 Å². The number of nitrogens with zero attached hydrogens (tertiary/aromatic N) is 3. The van der Waals surface area contributed by atoms with Crippen LogP contribution in [0, 0.1) is 18.6 Å². The number of aryl methyl sites for hydroxylation is 1. The van der Waals surface area contributed by atoms with E-state index in [9.17, 15) is 13.6 Å². The summed E-state index contributed by atoms with van der Waals surface area (Å²) in [6, 6.07) is 2.82. The van der Waals surface area contributed by atoms with E-state index in [1.807, 2.05) is 0 Å². The van der Waals surface area contributed by atoms with E-state index in [0.717, 1.165) is 30.0 Å². The van der Waals surface area contributed by atoms with Gasteiger partial charge in [-0.1, -0.05) is 11.8 Å². The second-order valence-corrected chi connectivity index (χ2v) is 4.80. The van der Waals surface area contributed by atoms with Crippen molar-refractivity contribution in [2.24, 2.45) is 0 Å². The summed E-state index contributed by atoms with van der Waals surface area (Å²) in [6.07, 6.45) is 0. The number of thioether (sulfide) groups is 1. The molecular formula is C11H11F2N5OS. The van der Waals surface area contributed by atoms with Crippen LogP contribution in [0.5, 0.6) is 0 Å². The third kappa shape index (κ3) is 3.23. The molecule has 0 saturated carbocycles. The minimum atomic E-state index is -0.706. The predicted molar refractivity (Wildman–Crippen MR) is 70.6 cm³/mol. The fourth-order valence-electron chi connectivity index (χ4n) is 1.36. The number of amides is 1. The van der Waals surface area contributed by atoms with Gasteiger partial charge >= 0.3 is 0 Å². The van der Waals surface area contributed by atoms with Gasteiger partial charge in [-0.2, -0.15) is 0 Å². The summed E-state index contributed by atoms with van der Waals surface area (Å²) in [4.78, 5) is 11.6. The Balaban J connectivity index is 1.96. The number of carbonyl (C=O) groups excluding carboxylic acids is 1. The lowest BCUT2D eigenvalue weighted by Gasteiger charge is -2.06. The van der Waals surface area contributed by atoms with Gasteiger partial charge in [0.25, 0.3) is 0 Å². The molecule has 2 aromatic rings. The number of benzene rings is 1. The second-order valence-electron chi connectivity index (χ2n) is 3.86. The first-order chi connectivity index (χ1) is 9.47. The molecule has 0 radical (unpaired) electrons. The Morgan fingerprint density at radius 1 is 1.45 bits per heavy atom. The molecule has 20 heavy (non-hydrogen) atoms. The highest BCUT2D eigenvalue weighted by atomic mass is 32.2. The molecule has 3 N–H and O–H groups in total. The molecule has 1 heterocycles. The molecule has 0 spiro atoms. The largest absolute Gasteiger partial charge is 0.336 e. The van der Waals surface area contributed by atoms with Gasteiger partial charge in [0, 0.05) is 6.07 Å². The second kappa shape index (κ2) is 5.87. The van der Waals surface area contributed by atoms with E-state index in [1.165, 1.54) is 4.68 Å². The third-order valence-electron chi connectivity index (χ3n) is 2.37. The minimum absolute atomic E-state index is 0.0503. The van der Waals surface area contributed by atoms with Crippen molar-refractivity contribution >= 4 is 23.4 Å². The predicted octanol–water partition coefficient (Wildman–Crippen LogP) is 1.31. The summed E-state index contributed by atoms with van der Waals surface area (Å²) in [5, 5.41) is 10.1. The van der Waals surface area contributed by atoms with Crippen molar-refractivity contribution in [1.82, 2.24) is 14.9 Å². The van der Waals surface area contributed by atoms with Gasteiger partial charge in [0.2, 0.25) is 11.1 Å². The van der Waals surface area contributed by atoms with E-state index in [4.69, 9.17) is 5.84 Å². The highest BCUT2D eigenvalue weighted by Crippen LogP contribution is 2.17. The van der Waals surface area contributed by atoms with Crippen molar-refractivity contribution in [3.63, 3.8) is 0 Å². The van der Waals surface area contributed by atoms with Gasteiger partial charge in [0.15, 0.2) is 0 Å². The molecule has 6 nitrogen and oxygen atoms in total. The zero-order chi connectivity index (χ0) is 14.7. The number of hydrogen-bond donors (Lipinski definition) is 2. The van der Waals surface area contributed by atoms with E-state index in [-0.39, 0.29) is 11.4 Å². The summed E-state index contributed by atoms with van der Waals surface area (Å²) in [5.41, 5.74) is -0.207. The van der Waals surface area contributed by atoms with Crippen LogP contribution in [0.25, 0.3) is 0 Å². The van der Waals surface area contributed by atoms with Crippen molar-refractivity contribution in [3.8, 4) is 0 Å². The maximum Gasteiger partial charge on any atom is 0.234 e. The first-order valence-electron chi connectivity index (χ1n) is 5.52. The Bertz CT molecular complexity index is 646. The minimum Gasteiger partial charge on any atom is -0.336 e. The summed E-state index contributed by atoms with van der Waals surface area (Å²) in [5.74, 6) is 4.23. The molecule has 0 fully saturated rings. The van der Waals surface area contributed by atoms with E-state index in [1.54, 1.807) is 6.92 Å². The van der Waals surface area contributed by atoms with Crippen LogP contribution in [-0.4, -0.2) is 26.5 Å². The van der Waals surface area contributed by atoms with Crippen LogP contribution in [0.4, 0.5) is 14.5 Å². The molecule has 9 heteroatoms. The maximum atomic E-state index is 13.3. The van der Waals surface area contributed by atoms with Crippen molar-refractivity contribution in [2.45, 2.75) is 12.1 Å². The average molecular weight is 299 g/mol. The van der Waals surface area contributed by atoms with Gasteiger partial charge in [-0.15, -0.1) is 10.2 Å². The van der Waals surface area contributed by atoms with Crippen LogP contribution in [0.15, 0.2) is 23.4 Å². The van der Waals surface area contributed by atoms with Gasteiger partial charge in [-0.3, -0.25) is 4.79 Å². The SMILES string of the molecule is Cc1nnc(SCC(=O)Nc2cc(F)ccc2F)n1N. The Labute approximate surface area is 117 Å². The lowest BCUT2D eigenvalue weighted by molar-refractivity contribution is -0.113. The maximum absolute atomic E-state index is 13.3. The lowest BCUT2D eigenvalue weighted by Crippen LogP contribution is -2.17. The van der Waals surface area contributed by atoms with E-state index in [0.29, 0.717) is 11.0 Å². The third-order valence-corrected chi connectivity index (χ3v) is 3.31. The molecule has 2 rings (SSSR count). The molecule has 0 bridgehead atoms. The topological polar surface area (TPSA) is 85.8 Å². The smallest absolute Gasteiger partial charge is 0.234 e. The fraction of sp³-hybridized carbons (Fsp3) is 0.182. The number of nitrogen functional groups attached to an aromatic ring is 1. The van der Waals surface area contributed by atoms with Crippen molar-refractivity contribution in [3.05, 3.63) is 35.7 Å². The molecule has 1 aromatic carbocycles. The average Bonchev–Trinajstić information content (AvgIpc) is 2.72. The number of hydrogen-bond acceptors (Lipinski definition) is 5. The molecule has 1 aromatic heterocycles. The highest BCUT2D eigenvalue weighted by Gasteiger charge is 2.12. The monoisotopic (exact) mass is 299 g/mol. The number of aromatic nitrogens is 3. The summed E-state index contributed by atoms with van der Waals surface area (Å²) in [6.45, 7) is 1.67. The molecule has 0 saturated heterocycles. The Hall–Kier alpha value is -2.16. The quantitative estimate of drug-likeness (QED) is 0.656. The normalized spacial score (nSPS) is 10.6. The molecule has 0 atom stereocenters. The van der Waals surface area contributed by atoms with Crippen LogP contribution in [0.3, 0.4) is 0 Å². The summed E-state index contributed by atoms with van der Waals surface area (Å²) < 4.78 is 27.5. The van der Waals surface area contributed by atoms with E-state index < -0.39 is 17.5 Å². The van der Waals surface area contributed by atoms with Gasteiger partial charge in [-0.25, -0.2) is 13.5 Å². The van der Waals surface area contributed by atoms with Crippen molar-refractivity contribution in [1.29, 1.82) is 0 Å². The molecule has 0 aliphatic rings. The Morgan fingerprint density at radius 3 is 2.85 bits per heavy atom.